The normalized spacial score (nSPS) is 8.88. The molecule has 3 nitrogen and oxygen atoms in total. The van der Waals surface area contributed by atoms with Crippen molar-refractivity contribution < 1.29 is 4.79 Å². The van der Waals surface area contributed by atoms with Gasteiger partial charge in [-0.3, -0.25) is 8.72 Å². The minimum Gasteiger partial charge on any atom is -0.329 e. The third-order valence-corrected chi connectivity index (χ3v) is 1.52. The summed E-state index contributed by atoms with van der Waals surface area (Å²) in [5.41, 5.74) is 5.14. The lowest BCUT2D eigenvalue weighted by molar-refractivity contribution is -0.123. The number of nitrogens with two attached hydrogens (primary N) is 1. The number of hydrogen-bond donors (Lipinski definition) is 1. The molecule has 0 bridgehead atoms. The van der Waals surface area contributed by atoms with Crippen LogP contribution in [0, 0.1) is 0 Å². The van der Waals surface area contributed by atoms with Crippen LogP contribution in [0.25, 0.3) is 0 Å². The summed E-state index contributed by atoms with van der Waals surface area (Å²) in [4.78, 5) is 10.4. The van der Waals surface area contributed by atoms with Gasteiger partial charge < -0.3 is 5.73 Å². The van der Waals surface area contributed by atoms with E-state index in [9.17, 15) is 4.79 Å². The van der Waals surface area contributed by atoms with Crippen LogP contribution in [0.4, 0.5) is 0 Å². The van der Waals surface area contributed by atoms with Gasteiger partial charge in [0, 0.05) is 20.0 Å². The Morgan fingerprint density at radius 2 is 2.38 bits per heavy atom. The second-order valence-corrected chi connectivity index (χ2v) is 2.25. The van der Waals surface area contributed by atoms with E-state index >= 15 is 0 Å². The van der Waals surface area contributed by atoms with Gasteiger partial charge in [-0.05, 0) is 0 Å². The Kier molecular flexibility index (Phi) is 3.81. The quantitative estimate of drug-likeness (QED) is 0.614. The Morgan fingerprint density at radius 3 is 2.50 bits per heavy atom. The molecule has 0 atom stereocenters. The highest BCUT2D eigenvalue weighted by Gasteiger charge is 1.99. The standard InChI is InChI=1S/C4H9BrN2O/c1-4(8)7(5)3-2-6/h2-3,6H2,1H3. The smallest absolute Gasteiger partial charge is 0.229 e. The zero-order valence-corrected chi connectivity index (χ0v) is 6.31. The maximum Gasteiger partial charge on any atom is 0.229 e. The molecule has 0 rings (SSSR count). The minimum atomic E-state index is -0.0181. The Bertz CT molecular complexity index is 86.1. The van der Waals surface area contributed by atoms with E-state index in [2.05, 4.69) is 16.1 Å². The Morgan fingerprint density at radius 1 is 1.88 bits per heavy atom. The van der Waals surface area contributed by atoms with Crippen molar-refractivity contribution in [3.05, 3.63) is 0 Å². The van der Waals surface area contributed by atoms with Gasteiger partial charge in [0.1, 0.15) is 0 Å². The van der Waals surface area contributed by atoms with Crippen LogP contribution in [0.2, 0.25) is 0 Å². The minimum absolute atomic E-state index is 0.0181. The Labute approximate surface area is 57.2 Å². The zero-order valence-electron chi connectivity index (χ0n) is 4.72. The molecule has 0 aliphatic rings. The monoisotopic (exact) mass is 180 g/mol. The largest absolute Gasteiger partial charge is 0.329 e. The Hall–Kier alpha value is -0.0900. The molecular weight excluding hydrogens is 172 g/mol. The summed E-state index contributed by atoms with van der Waals surface area (Å²) in [6.45, 7) is 2.53. The fourth-order valence-electron chi connectivity index (χ4n) is 0.271. The molecule has 0 aliphatic heterocycles. The molecular formula is C4H9BrN2O. The lowest BCUT2D eigenvalue weighted by Crippen LogP contribution is -2.24. The molecule has 8 heavy (non-hydrogen) atoms. The van der Waals surface area contributed by atoms with Gasteiger partial charge in [-0.15, -0.1) is 0 Å². The van der Waals surface area contributed by atoms with Crippen molar-refractivity contribution in [3.8, 4) is 0 Å². The van der Waals surface area contributed by atoms with Crippen LogP contribution in [0.3, 0.4) is 0 Å². The molecule has 4 heteroatoms. The molecule has 0 aromatic carbocycles. The van der Waals surface area contributed by atoms with Crippen LogP contribution in [-0.2, 0) is 4.79 Å². The maximum atomic E-state index is 10.4. The van der Waals surface area contributed by atoms with Crippen LogP contribution in [0.15, 0.2) is 0 Å². The van der Waals surface area contributed by atoms with Crippen molar-refractivity contribution in [1.82, 2.24) is 3.93 Å². The van der Waals surface area contributed by atoms with E-state index < -0.39 is 0 Å². The van der Waals surface area contributed by atoms with Gasteiger partial charge in [-0.1, -0.05) is 0 Å². The highest BCUT2D eigenvalue weighted by molar-refractivity contribution is 9.07. The predicted molar refractivity (Wildman–Crippen MR) is 35.4 cm³/mol. The van der Waals surface area contributed by atoms with Crippen molar-refractivity contribution >= 4 is 22.1 Å². The lowest BCUT2D eigenvalue weighted by Gasteiger charge is -2.08. The summed E-state index contributed by atoms with van der Waals surface area (Å²) >= 11 is 3.01. The second-order valence-electron chi connectivity index (χ2n) is 1.39. The molecule has 0 aromatic rings. The molecule has 0 radical (unpaired) electrons. The number of amides is 1. The zero-order chi connectivity index (χ0) is 6.57. The van der Waals surface area contributed by atoms with Gasteiger partial charge in [0.05, 0.1) is 16.1 Å². The van der Waals surface area contributed by atoms with Crippen molar-refractivity contribution in [2.75, 3.05) is 13.1 Å². The number of hydrogen-bond acceptors (Lipinski definition) is 2. The van der Waals surface area contributed by atoms with E-state index in [-0.39, 0.29) is 5.91 Å². The molecule has 0 unspecified atom stereocenters. The first-order valence-corrected chi connectivity index (χ1v) is 3.03. The average Bonchev–Trinajstić information content (AvgIpc) is 1.67. The molecule has 0 saturated heterocycles. The van der Waals surface area contributed by atoms with Gasteiger partial charge in [-0.2, -0.15) is 0 Å². The highest BCUT2D eigenvalue weighted by atomic mass is 79.9. The molecule has 2 N–H and O–H groups in total. The summed E-state index contributed by atoms with van der Waals surface area (Å²) < 4.78 is 1.40. The second kappa shape index (κ2) is 3.86. The van der Waals surface area contributed by atoms with E-state index in [0.29, 0.717) is 13.1 Å². The van der Waals surface area contributed by atoms with Crippen LogP contribution < -0.4 is 5.73 Å². The molecule has 0 heterocycles. The summed E-state index contributed by atoms with van der Waals surface area (Å²) in [6.07, 6.45) is 0. The number of halogens is 1. The first kappa shape index (κ1) is 7.91. The first-order valence-electron chi connectivity index (χ1n) is 2.32. The topological polar surface area (TPSA) is 46.3 Å². The van der Waals surface area contributed by atoms with E-state index in [1.807, 2.05) is 0 Å². The van der Waals surface area contributed by atoms with Gasteiger partial charge in [-0.25, -0.2) is 0 Å². The maximum absolute atomic E-state index is 10.4. The van der Waals surface area contributed by atoms with E-state index in [0.717, 1.165) is 0 Å². The fraction of sp³-hybridized carbons (Fsp3) is 0.750. The van der Waals surface area contributed by atoms with Crippen molar-refractivity contribution in [3.63, 3.8) is 0 Å². The number of rotatable bonds is 2. The average molecular weight is 181 g/mol. The molecule has 0 spiro atoms. The van der Waals surface area contributed by atoms with Crippen molar-refractivity contribution in [2.45, 2.75) is 6.92 Å². The van der Waals surface area contributed by atoms with Crippen LogP contribution >= 0.6 is 16.1 Å². The molecule has 1 amide bonds. The van der Waals surface area contributed by atoms with Crippen molar-refractivity contribution in [2.24, 2.45) is 5.73 Å². The van der Waals surface area contributed by atoms with E-state index in [1.54, 1.807) is 0 Å². The van der Waals surface area contributed by atoms with Gasteiger partial charge >= 0.3 is 0 Å². The molecule has 0 saturated carbocycles. The van der Waals surface area contributed by atoms with Crippen LogP contribution in [-0.4, -0.2) is 22.9 Å². The SMILES string of the molecule is CC(=O)N(Br)CCN. The van der Waals surface area contributed by atoms with Gasteiger partial charge in [0.15, 0.2) is 0 Å². The molecule has 0 aromatic heterocycles. The molecule has 48 valence electrons. The van der Waals surface area contributed by atoms with Gasteiger partial charge in [0.2, 0.25) is 5.91 Å². The van der Waals surface area contributed by atoms with Crippen LogP contribution in [0.5, 0.6) is 0 Å². The summed E-state index contributed by atoms with van der Waals surface area (Å²) in [5, 5.41) is 0. The summed E-state index contributed by atoms with van der Waals surface area (Å²) in [5.74, 6) is -0.0181. The third kappa shape index (κ3) is 2.98. The van der Waals surface area contributed by atoms with Crippen LogP contribution in [0.1, 0.15) is 6.92 Å². The molecule has 0 fully saturated rings. The highest BCUT2D eigenvalue weighted by Crippen LogP contribution is 1.94. The first-order chi connectivity index (χ1) is 3.68. The van der Waals surface area contributed by atoms with Crippen molar-refractivity contribution in [1.29, 1.82) is 0 Å². The number of carbonyl (C=O) groups excluding carboxylic acids is 1. The van der Waals surface area contributed by atoms with E-state index in [4.69, 9.17) is 5.73 Å². The fourth-order valence-corrected chi connectivity index (χ4v) is 0.476. The number of nitrogens with zero attached hydrogens (tertiary/aromatic N) is 1. The van der Waals surface area contributed by atoms with E-state index in [1.165, 1.54) is 10.8 Å². The predicted octanol–water partition coefficient (Wildman–Crippen LogP) is 0.104. The Balaban J connectivity index is 3.32. The summed E-state index contributed by atoms with van der Waals surface area (Å²) in [7, 11) is 0. The third-order valence-electron chi connectivity index (χ3n) is 0.667. The lowest BCUT2D eigenvalue weighted by atomic mass is 10.6. The summed E-state index contributed by atoms with van der Waals surface area (Å²) in [6, 6.07) is 0. The van der Waals surface area contributed by atoms with Gasteiger partial charge in [0.25, 0.3) is 0 Å². The number of carbonyl (C=O) groups is 1. The molecule has 0 aliphatic carbocycles.